The molecule has 5 nitrogen and oxygen atoms in total. The van der Waals surface area contributed by atoms with Crippen LogP contribution in [0.2, 0.25) is 0 Å². The predicted octanol–water partition coefficient (Wildman–Crippen LogP) is 0.935. The van der Waals surface area contributed by atoms with E-state index in [0.717, 1.165) is 6.42 Å². The highest BCUT2D eigenvalue weighted by Crippen LogP contribution is 1.99. The Balaban J connectivity index is 2.50. The summed E-state index contributed by atoms with van der Waals surface area (Å²) in [4.78, 5) is 26.7. The van der Waals surface area contributed by atoms with Gasteiger partial charge in [-0.05, 0) is 25.5 Å². The number of nitrogens with one attached hydrogen (secondary N) is 2. The maximum atomic E-state index is 11.4. The molecule has 5 heteroatoms. The van der Waals surface area contributed by atoms with Crippen molar-refractivity contribution in [3.8, 4) is 0 Å². The quantitative estimate of drug-likeness (QED) is 0.746. The Bertz CT molecular complexity index is 365. The number of anilines is 1. The molecule has 0 saturated carbocycles. The average Bonchev–Trinajstić information content (AvgIpc) is 2.30. The second kappa shape index (κ2) is 5.85. The Kier molecular flexibility index (Phi) is 4.44. The number of carbonyl (C=O) groups excluding carboxylic acids is 2. The van der Waals surface area contributed by atoms with Gasteiger partial charge in [0, 0.05) is 12.2 Å². The molecule has 0 saturated heterocycles. The van der Waals surface area contributed by atoms with E-state index in [1.54, 1.807) is 24.4 Å². The van der Waals surface area contributed by atoms with Gasteiger partial charge in [0.1, 0.15) is 5.82 Å². The van der Waals surface area contributed by atoms with Crippen molar-refractivity contribution >= 4 is 17.6 Å². The van der Waals surface area contributed by atoms with Gasteiger partial charge >= 0.3 is 11.8 Å². The average molecular weight is 221 g/mol. The van der Waals surface area contributed by atoms with Crippen LogP contribution >= 0.6 is 0 Å². The van der Waals surface area contributed by atoms with Crippen molar-refractivity contribution in [2.24, 2.45) is 0 Å². The van der Waals surface area contributed by atoms with E-state index in [4.69, 9.17) is 0 Å². The molecule has 1 rings (SSSR count). The van der Waals surface area contributed by atoms with Crippen LogP contribution in [0.25, 0.3) is 0 Å². The normalized spacial score (nSPS) is 11.6. The summed E-state index contributed by atoms with van der Waals surface area (Å²) in [5, 5.41) is 4.98. The predicted molar refractivity (Wildman–Crippen MR) is 60.8 cm³/mol. The zero-order chi connectivity index (χ0) is 12.0. The first-order valence-corrected chi connectivity index (χ1v) is 5.16. The Labute approximate surface area is 94.3 Å². The molecule has 0 unspecified atom stereocenters. The van der Waals surface area contributed by atoms with E-state index in [1.165, 1.54) is 0 Å². The summed E-state index contributed by atoms with van der Waals surface area (Å²) < 4.78 is 0. The van der Waals surface area contributed by atoms with Gasteiger partial charge in [-0.2, -0.15) is 0 Å². The smallest absolute Gasteiger partial charge is 0.314 e. The molecule has 1 heterocycles. The second-order valence-corrected chi connectivity index (χ2v) is 3.45. The standard InChI is InChI=1S/C11H15N3O2/c1-3-8(2)13-10(15)11(16)14-9-6-4-5-7-12-9/h4-8H,3H2,1-2H3,(H,13,15)(H,12,14,16)/t8-/m1/s1. The lowest BCUT2D eigenvalue weighted by Crippen LogP contribution is -2.40. The molecular formula is C11H15N3O2. The van der Waals surface area contributed by atoms with Crippen molar-refractivity contribution < 1.29 is 9.59 Å². The van der Waals surface area contributed by atoms with Gasteiger partial charge < -0.3 is 10.6 Å². The zero-order valence-electron chi connectivity index (χ0n) is 9.36. The van der Waals surface area contributed by atoms with E-state index in [-0.39, 0.29) is 6.04 Å². The number of aromatic nitrogens is 1. The summed E-state index contributed by atoms with van der Waals surface area (Å²) in [7, 11) is 0. The third-order valence-corrected chi connectivity index (χ3v) is 2.10. The van der Waals surface area contributed by atoms with E-state index in [2.05, 4.69) is 15.6 Å². The van der Waals surface area contributed by atoms with Gasteiger partial charge in [0.05, 0.1) is 0 Å². The van der Waals surface area contributed by atoms with Gasteiger partial charge in [-0.1, -0.05) is 13.0 Å². The first-order valence-electron chi connectivity index (χ1n) is 5.16. The minimum Gasteiger partial charge on any atom is -0.345 e. The van der Waals surface area contributed by atoms with Crippen LogP contribution in [0.3, 0.4) is 0 Å². The maximum Gasteiger partial charge on any atom is 0.314 e. The summed E-state index contributed by atoms with van der Waals surface area (Å²) in [6.07, 6.45) is 2.32. The van der Waals surface area contributed by atoms with Crippen LogP contribution in [0.1, 0.15) is 20.3 Å². The maximum absolute atomic E-state index is 11.4. The van der Waals surface area contributed by atoms with Gasteiger partial charge in [-0.15, -0.1) is 0 Å². The van der Waals surface area contributed by atoms with E-state index < -0.39 is 11.8 Å². The minimum atomic E-state index is -0.695. The molecule has 0 spiro atoms. The fourth-order valence-corrected chi connectivity index (χ4v) is 1.00. The summed E-state index contributed by atoms with van der Waals surface area (Å²) in [6, 6.07) is 5.07. The number of carbonyl (C=O) groups is 2. The summed E-state index contributed by atoms with van der Waals surface area (Å²) in [5.41, 5.74) is 0. The molecule has 0 fully saturated rings. The third-order valence-electron chi connectivity index (χ3n) is 2.10. The van der Waals surface area contributed by atoms with Gasteiger partial charge in [0.25, 0.3) is 0 Å². The third kappa shape index (κ3) is 3.68. The van der Waals surface area contributed by atoms with E-state index in [1.807, 2.05) is 13.8 Å². The molecule has 86 valence electrons. The first kappa shape index (κ1) is 12.2. The molecule has 16 heavy (non-hydrogen) atoms. The topological polar surface area (TPSA) is 71.1 Å². The van der Waals surface area contributed by atoms with Crippen LogP contribution in [-0.2, 0) is 9.59 Å². The molecule has 1 aromatic heterocycles. The monoisotopic (exact) mass is 221 g/mol. The molecular weight excluding hydrogens is 206 g/mol. The second-order valence-electron chi connectivity index (χ2n) is 3.45. The van der Waals surface area contributed by atoms with Crippen LogP contribution in [0.15, 0.2) is 24.4 Å². The molecule has 1 aromatic rings. The molecule has 0 bridgehead atoms. The van der Waals surface area contributed by atoms with E-state index >= 15 is 0 Å². The lowest BCUT2D eigenvalue weighted by Gasteiger charge is -2.10. The lowest BCUT2D eigenvalue weighted by atomic mass is 10.2. The summed E-state index contributed by atoms with van der Waals surface area (Å²) in [6.45, 7) is 3.77. The molecule has 0 radical (unpaired) electrons. The van der Waals surface area contributed by atoms with Crippen LogP contribution in [0, 0.1) is 0 Å². The van der Waals surface area contributed by atoms with Gasteiger partial charge in [0.15, 0.2) is 0 Å². The molecule has 2 N–H and O–H groups in total. The molecule has 0 aliphatic heterocycles. The van der Waals surface area contributed by atoms with Crippen molar-refractivity contribution in [1.29, 1.82) is 0 Å². The minimum absolute atomic E-state index is 0.0121. The Morgan fingerprint density at radius 1 is 1.38 bits per heavy atom. The highest BCUT2D eigenvalue weighted by molar-refractivity contribution is 6.39. The molecule has 1 atom stereocenters. The number of hydrogen-bond donors (Lipinski definition) is 2. The van der Waals surface area contributed by atoms with Gasteiger partial charge in [0.2, 0.25) is 0 Å². The summed E-state index contributed by atoms with van der Waals surface area (Å²) in [5.74, 6) is -0.967. The van der Waals surface area contributed by atoms with Gasteiger partial charge in [-0.3, -0.25) is 9.59 Å². The Hall–Kier alpha value is -1.91. The fraction of sp³-hybridized carbons (Fsp3) is 0.364. The van der Waals surface area contributed by atoms with Gasteiger partial charge in [-0.25, -0.2) is 4.98 Å². The van der Waals surface area contributed by atoms with Crippen LogP contribution < -0.4 is 10.6 Å². The van der Waals surface area contributed by atoms with Crippen molar-refractivity contribution in [1.82, 2.24) is 10.3 Å². The molecule has 0 aliphatic rings. The highest BCUT2D eigenvalue weighted by atomic mass is 16.2. The molecule has 0 aliphatic carbocycles. The zero-order valence-corrected chi connectivity index (χ0v) is 9.36. The van der Waals surface area contributed by atoms with Crippen molar-refractivity contribution in [3.63, 3.8) is 0 Å². The summed E-state index contributed by atoms with van der Waals surface area (Å²) >= 11 is 0. The van der Waals surface area contributed by atoms with Crippen molar-refractivity contribution in [3.05, 3.63) is 24.4 Å². The number of pyridine rings is 1. The van der Waals surface area contributed by atoms with Crippen molar-refractivity contribution in [2.45, 2.75) is 26.3 Å². The Morgan fingerprint density at radius 2 is 2.12 bits per heavy atom. The first-order chi connectivity index (χ1) is 7.63. The van der Waals surface area contributed by atoms with Crippen molar-refractivity contribution in [2.75, 3.05) is 5.32 Å². The van der Waals surface area contributed by atoms with Crippen LogP contribution in [0.5, 0.6) is 0 Å². The lowest BCUT2D eigenvalue weighted by molar-refractivity contribution is -0.136. The van der Waals surface area contributed by atoms with Crippen LogP contribution in [-0.4, -0.2) is 22.8 Å². The number of nitrogens with zero attached hydrogens (tertiary/aromatic N) is 1. The Morgan fingerprint density at radius 3 is 2.69 bits per heavy atom. The number of hydrogen-bond acceptors (Lipinski definition) is 3. The highest BCUT2D eigenvalue weighted by Gasteiger charge is 2.15. The number of rotatable bonds is 3. The largest absolute Gasteiger partial charge is 0.345 e. The van der Waals surface area contributed by atoms with E-state index in [9.17, 15) is 9.59 Å². The van der Waals surface area contributed by atoms with E-state index in [0.29, 0.717) is 5.82 Å². The molecule has 2 amide bonds. The SMILES string of the molecule is CC[C@@H](C)NC(=O)C(=O)Nc1ccccn1. The number of amides is 2. The fourth-order valence-electron chi connectivity index (χ4n) is 1.00. The van der Waals surface area contributed by atoms with Crippen LogP contribution in [0.4, 0.5) is 5.82 Å². The molecule has 0 aromatic carbocycles.